The minimum absolute atomic E-state index is 0.0195. The molecule has 0 spiro atoms. The Morgan fingerprint density at radius 2 is 2.00 bits per heavy atom. The van der Waals surface area contributed by atoms with E-state index in [0.29, 0.717) is 18.5 Å². The third-order valence-corrected chi connectivity index (χ3v) is 5.96. The molecule has 120 valence electrons. The van der Waals surface area contributed by atoms with Crippen LogP contribution in [0.5, 0.6) is 0 Å². The fourth-order valence-electron chi connectivity index (χ4n) is 2.10. The Kier molecular flexibility index (Phi) is 7.10. The Morgan fingerprint density at radius 3 is 2.52 bits per heavy atom. The summed E-state index contributed by atoms with van der Waals surface area (Å²) in [5.41, 5.74) is 0.433. The molecule has 0 bridgehead atoms. The lowest BCUT2D eigenvalue weighted by Gasteiger charge is -2.28. The van der Waals surface area contributed by atoms with Crippen LogP contribution in [0, 0.1) is 5.82 Å². The van der Waals surface area contributed by atoms with E-state index in [4.69, 9.17) is 11.6 Å². The van der Waals surface area contributed by atoms with Crippen molar-refractivity contribution in [1.82, 2.24) is 4.31 Å². The van der Waals surface area contributed by atoms with Gasteiger partial charge in [0.15, 0.2) is 0 Å². The number of benzene rings is 1. The van der Waals surface area contributed by atoms with Crippen LogP contribution in [0.15, 0.2) is 23.1 Å². The van der Waals surface area contributed by atoms with Crippen molar-refractivity contribution in [2.45, 2.75) is 56.9 Å². The van der Waals surface area contributed by atoms with Crippen molar-refractivity contribution < 1.29 is 12.8 Å². The first-order chi connectivity index (χ1) is 9.88. The first-order valence-corrected chi connectivity index (χ1v) is 9.22. The number of hydrogen-bond donors (Lipinski definition) is 0. The van der Waals surface area contributed by atoms with Gasteiger partial charge in [0.1, 0.15) is 5.82 Å². The SMILES string of the molecule is CCCCN(C(C)CC)S(=O)(=O)c1cc(F)ccc1CCl. The highest BCUT2D eigenvalue weighted by Gasteiger charge is 2.30. The molecule has 0 aliphatic carbocycles. The van der Waals surface area contributed by atoms with Crippen molar-refractivity contribution in [2.24, 2.45) is 0 Å². The van der Waals surface area contributed by atoms with Crippen LogP contribution < -0.4 is 0 Å². The number of unbranched alkanes of at least 4 members (excludes halogenated alkanes) is 1. The van der Waals surface area contributed by atoms with Crippen LogP contribution >= 0.6 is 11.6 Å². The fraction of sp³-hybridized carbons (Fsp3) is 0.600. The predicted octanol–water partition coefficient (Wildman–Crippen LogP) is 4.15. The normalized spacial score (nSPS) is 13.6. The molecule has 0 heterocycles. The quantitative estimate of drug-likeness (QED) is 0.669. The number of alkyl halides is 1. The van der Waals surface area contributed by atoms with Gasteiger partial charge in [0.2, 0.25) is 10.0 Å². The highest BCUT2D eigenvalue weighted by atomic mass is 35.5. The summed E-state index contributed by atoms with van der Waals surface area (Å²) in [6, 6.07) is 3.60. The van der Waals surface area contributed by atoms with Gasteiger partial charge in [-0.05, 0) is 37.5 Å². The molecule has 0 saturated heterocycles. The first-order valence-electron chi connectivity index (χ1n) is 7.24. The smallest absolute Gasteiger partial charge is 0.207 e. The number of nitrogens with zero attached hydrogens (tertiary/aromatic N) is 1. The molecular formula is C15H23ClFNO2S. The number of sulfonamides is 1. The third kappa shape index (κ3) is 4.41. The fourth-order valence-corrected chi connectivity index (χ4v) is 4.39. The second kappa shape index (κ2) is 8.11. The van der Waals surface area contributed by atoms with E-state index in [-0.39, 0.29) is 16.8 Å². The van der Waals surface area contributed by atoms with Crippen LogP contribution in [-0.4, -0.2) is 25.3 Å². The molecule has 1 aromatic rings. The summed E-state index contributed by atoms with van der Waals surface area (Å²) < 4.78 is 40.7. The van der Waals surface area contributed by atoms with E-state index >= 15 is 0 Å². The third-order valence-electron chi connectivity index (χ3n) is 3.57. The van der Waals surface area contributed by atoms with Crippen LogP contribution in [-0.2, 0) is 15.9 Å². The van der Waals surface area contributed by atoms with Crippen LogP contribution in [0.25, 0.3) is 0 Å². The molecule has 1 aromatic carbocycles. The lowest BCUT2D eigenvalue weighted by Crippen LogP contribution is -2.39. The zero-order valence-corrected chi connectivity index (χ0v) is 14.3. The summed E-state index contributed by atoms with van der Waals surface area (Å²) in [6.07, 6.45) is 2.37. The molecule has 0 saturated carbocycles. The summed E-state index contributed by atoms with van der Waals surface area (Å²) in [6.45, 7) is 6.25. The van der Waals surface area contributed by atoms with Crippen molar-refractivity contribution >= 4 is 21.6 Å². The van der Waals surface area contributed by atoms with E-state index in [1.807, 2.05) is 20.8 Å². The van der Waals surface area contributed by atoms with Crippen molar-refractivity contribution in [3.8, 4) is 0 Å². The average Bonchev–Trinajstić information content (AvgIpc) is 2.47. The molecule has 21 heavy (non-hydrogen) atoms. The highest BCUT2D eigenvalue weighted by molar-refractivity contribution is 7.89. The lowest BCUT2D eigenvalue weighted by atomic mass is 10.2. The molecule has 0 radical (unpaired) electrons. The van der Waals surface area contributed by atoms with E-state index in [0.717, 1.165) is 18.9 Å². The van der Waals surface area contributed by atoms with E-state index in [1.165, 1.54) is 16.4 Å². The van der Waals surface area contributed by atoms with Crippen LogP contribution in [0.3, 0.4) is 0 Å². The van der Waals surface area contributed by atoms with Crippen molar-refractivity contribution in [1.29, 1.82) is 0 Å². The maximum absolute atomic E-state index is 13.5. The van der Waals surface area contributed by atoms with Gasteiger partial charge in [-0.3, -0.25) is 0 Å². The second-order valence-corrected chi connectivity index (χ2v) is 7.24. The Morgan fingerprint density at radius 1 is 1.33 bits per heavy atom. The molecule has 6 heteroatoms. The largest absolute Gasteiger partial charge is 0.243 e. The predicted molar refractivity (Wildman–Crippen MR) is 84.5 cm³/mol. The number of halogens is 2. The molecule has 1 unspecified atom stereocenters. The van der Waals surface area contributed by atoms with Crippen molar-refractivity contribution in [2.75, 3.05) is 6.54 Å². The van der Waals surface area contributed by atoms with E-state index in [9.17, 15) is 12.8 Å². The van der Waals surface area contributed by atoms with E-state index in [1.54, 1.807) is 0 Å². The van der Waals surface area contributed by atoms with Gasteiger partial charge in [-0.1, -0.05) is 26.3 Å². The molecular weight excluding hydrogens is 313 g/mol. The van der Waals surface area contributed by atoms with Gasteiger partial charge in [-0.15, -0.1) is 11.6 Å². The summed E-state index contributed by atoms with van der Waals surface area (Å²) in [4.78, 5) is -0.0195. The molecule has 0 aromatic heterocycles. The Balaban J connectivity index is 3.31. The van der Waals surface area contributed by atoms with Gasteiger partial charge < -0.3 is 0 Å². The summed E-state index contributed by atoms with van der Waals surface area (Å²) in [5.74, 6) is -0.529. The zero-order valence-electron chi connectivity index (χ0n) is 12.8. The second-order valence-electron chi connectivity index (χ2n) is 5.11. The van der Waals surface area contributed by atoms with E-state index in [2.05, 4.69) is 0 Å². The first kappa shape index (κ1) is 18.4. The highest BCUT2D eigenvalue weighted by Crippen LogP contribution is 2.25. The molecule has 0 aliphatic heterocycles. The summed E-state index contributed by atoms with van der Waals surface area (Å²) in [5, 5.41) is 0. The van der Waals surface area contributed by atoms with Gasteiger partial charge in [-0.2, -0.15) is 4.31 Å². The molecule has 1 rings (SSSR count). The van der Waals surface area contributed by atoms with Gasteiger partial charge in [0.05, 0.1) is 4.90 Å². The molecule has 3 nitrogen and oxygen atoms in total. The summed E-state index contributed by atoms with van der Waals surface area (Å²) >= 11 is 5.81. The van der Waals surface area contributed by atoms with Gasteiger partial charge in [-0.25, -0.2) is 12.8 Å². The topological polar surface area (TPSA) is 37.4 Å². The molecule has 1 atom stereocenters. The van der Waals surface area contributed by atoms with Gasteiger partial charge in [0.25, 0.3) is 0 Å². The monoisotopic (exact) mass is 335 g/mol. The summed E-state index contributed by atoms with van der Waals surface area (Å²) in [7, 11) is -3.74. The molecule has 0 amide bonds. The van der Waals surface area contributed by atoms with Crippen molar-refractivity contribution in [3.63, 3.8) is 0 Å². The number of hydrogen-bond acceptors (Lipinski definition) is 2. The molecule has 0 N–H and O–H groups in total. The van der Waals surface area contributed by atoms with Crippen LogP contribution in [0.1, 0.15) is 45.6 Å². The van der Waals surface area contributed by atoms with Crippen LogP contribution in [0.4, 0.5) is 4.39 Å². The standard InChI is InChI=1S/C15H23ClFNO2S/c1-4-6-9-18(12(3)5-2)21(19,20)15-10-14(17)8-7-13(15)11-16/h7-8,10,12H,4-6,9,11H2,1-3H3. The Bertz CT molecular complexity index is 563. The molecule has 0 aliphatic rings. The maximum Gasteiger partial charge on any atom is 0.243 e. The minimum atomic E-state index is -3.74. The number of rotatable bonds is 8. The molecule has 0 fully saturated rings. The van der Waals surface area contributed by atoms with Crippen molar-refractivity contribution in [3.05, 3.63) is 29.6 Å². The zero-order chi connectivity index (χ0) is 16.0. The van der Waals surface area contributed by atoms with Crippen LogP contribution in [0.2, 0.25) is 0 Å². The minimum Gasteiger partial charge on any atom is -0.207 e. The Labute approximate surface area is 132 Å². The Hall–Kier alpha value is -0.650. The van der Waals surface area contributed by atoms with E-state index < -0.39 is 15.8 Å². The lowest BCUT2D eigenvalue weighted by molar-refractivity contribution is 0.324. The van der Waals surface area contributed by atoms with Gasteiger partial charge in [0, 0.05) is 18.5 Å². The average molecular weight is 336 g/mol. The maximum atomic E-state index is 13.5. The van der Waals surface area contributed by atoms with Gasteiger partial charge >= 0.3 is 0 Å².